The largest absolute Gasteiger partial charge is 0.437 e. The van der Waals surface area contributed by atoms with Gasteiger partial charge >= 0.3 is 6.09 Å². The Bertz CT molecular complexity index is 657. The topological polar surface area (TPSA) is 79.8 Å². The van der Waals surface area contributed by atoms with Gasteiger partial charge in [0.1, 0.15) is 0 Å². The zero-order valence-electron chi connectivity index (χ0n) is 12.4. The van der Waals surface area contributed by atoms with Crippen molar-refractivity contribution in [3.05, 3.63) is 66.2 Å². The van der Waals surface area contributed by atoms with Crippen LogP contribution in [0.2, 0.25) is 0 Å². The summed E-state index contributed by atoms with van der Waals surface area (Å²) in [5.74, 6) is -0.128. The predicted octanol–water partition coefficient (Wildman–Crippen LogP) is 2.58. The van der Waals surface area contributed by atoms with Crippen LogP contribution in [0.4, 0.5) is 10.5 Å². The van der Waals surface area contributed by atoms with Gasteiger partial charge in [0.05, 0.1) is 19.2 Å². The second kappa shape index (κ2) is 8.99. The highest BCUT2D eigenvalue weighted by Gasteiger charge is 2.02. The number of hydrogen-bond donors (Lipinski definition) is 2. The van der Waals surface area contributed by atoms with Crippen LogP contribution < -0.4 is 10.6 Å². The quantitative estimate of drug-likeness (QED) is 0.489. The Hall–Kier alpha value is -3.15. The Balaban J connectivity index is 1.63. The Morgan fingerprint density at radius 3 is 2.35 bits per heavy atom. The molecule has 6 heteroatoms. The van der Waals surface area contributed by atoms with Gasteiger partial charge in [-0.1, -0.05) is 53.7 Å². The first-order chi connectivity index (χ1) is 11.2. The van der Waals surface area contributed by atoms with Crippen molar-refractivity contribution < 1.29 is 14.4 Å². The minimum absolute atomic E-state index is 0.128. The fraction of sp³-hybridized carbons (Fsp3) is 0.118. The van der Waals surface area contributed by atoms with Crippen LogP contribution >= 0.6 is 0 Å². The first-order valence-electron chi connectivity index (χ1n) is 7.09. The molecule has 0 aliphatic rings. The number of carbonyl (C=O) groups is 2. The van der Waals surface area contributed by atoms with Crippen LogP contribution in [-0.2, 0) is 16.1 Å². The Morgan fingerprint density at radius 2 is 1.65 bits per heavy atom. The average molecular weight is 311 g/mol. The molecule has 6 nitrogen and oxygen atoms in total. The van der Waals surface area contributed by atoms with Gasteiger partial charge in [0.2, 0.25) is 5.91 Å². The maximum absolute atomic E-state index is 11.7. The molecule has 2 aromatic rings. The van der Waals surface area contributed by atoms with Gasteiger partial charge in [-0.05, 0) is 17.7 Å². The monoisotopic (exact) mass is 311 g/mol. The van der Waals surface area contributed by atoms with Gasteiger partial charge in [0.25, 0.3) is 0 Å². The molecule has 0 heterocycles. The SMILES string of the molecule is O=C(Cc1ccccc1)NC/C=N\OC(=O)Nc1ccccc1. The van der Waals surface area contributed by atoms with Crippen molar-refractivity contribution in [1.29, 1.82) is 0 Å². The Morgan fingerprint density at radius 1 is 1.00 bits per heavy atom. The van der Waals surface area contributed by atoms with E-state index in [1.54, 1.807) is 24.3 Å². The minimum Gasteiger partial charge on any atom is -0.351 e. The van der Waals surface area contributed by atoms with Crippen molar-refractivity contribution in [2.75, 3.05) is 11.9 Å². The molecule has 23 heavy (non-hydrogen) atoms. The van der Waals surface area contributed by atoms with Crippen LogP contribution in [-0.4, -0.2) is 24.8 Å². The molecule has 0 aromatic heterocycles. The lowest BCUT2D eigenvalue weighted by Gasteiger charge is -2.02. The first kappa shape index (κ1) is 16.2. The van der Waals surface area contributed by atoms with Crippen LogP contribution in [0.3, 0.4) is 0 Å². The standard InChI is InChI=1S/C17H17N3O3/c21-16(13-14-7-3-1-4-8-14)18-11-12-19-23-17(22)20-15-9-5-2-6-10-15/h1-10,12H,11,13H2,(H,18,21)(H,20,22)/b19-12-. The lowest BCUT2D eigenvalue weighted by Crippen LogP contribution is -2.26. The van der Waals surface area contributed by atoms with E-state index in [1.165, 1.54) is 6.21 Å². The number of amides is 2. The molecular weight excluding hydrogens is 294 g/mol. The fourth-order valence-electron chi connectivity index (χ4n) is 1.79. The van der Waals surface area contributed by atoms with Crippen LogP contribution in [0.15, 0.2) is 65.8 Å². The molecule has 0 aliphatic heterocycles. The first-order valence-corrected chi connectivity index (χ1v) is 7.09. The summed E-state index contributed by atoms with van der Waals surface area (Å²) >= 11 is 0. The molecule has 0 saturated carbocycles. The van der Waals surface area contributed by atoms with Gasteiger partial charge in [0, 0.05) is 5.69 Å². The van der Waals surface area contributed by atoms with E-state index >= 15 is 0 Å². The fourth-order valence-corrected chi connectivity index (χ4v) is 1.79. The average Bonchev–Trinajstić information content (AvgIpc) is 2.56. The number of carbonyl (C=O) groups excluding carboxylic acids is 2. The molecule has 2 aromatic carbocycles. The number of benzene rings is 2. The van der Waals surface area contributed by atoms with Crippen molar-refractivity contribution in [3.8, 4) is 0 Å². The van der Waals surface area contributed by atoms with Crippen molar-refractivity contribution in [1.82, 2.24) is 5.32 Å². The molecule has 2 N–H and O–H groups in total. The van der Waals surface area contributed by atoms with Crippen molar-refractivity contribution in [3.63, 3.8) is 0 Å². The van der Waals surface area contributed by atoms with Crippen LogP contribution in [0.1, 0.15) is 5.56 Å². The van der Waals surface area contributed by atoms with E-state index in [-0.39, 0.29) is 12.5 Å². The number of oxime groups is 1. The number of rotatable bonds is 6. The second-order valence-corrected chi connectivity index (χ2v) is 4.62. The molecule has 0 radical (unpaired) electrons. The van der Waals surface area contributed by atoms with E-state index in [4.69, 9.17) is 0 Å². The Labute approximate surface area is 134 Å². The molecule has 0 atom stereocenters. The molecule has 0 unspecified atom stereocenters. The number of anilines is 1. The summed E-state index contributed by atoms with van der Waals surface area (Å²) in [6.07, 6.45) is 0.917. The van der Waals surface area contributed by atoms with Crippen molar-refractivity contribution >= 4 is 23.9 Å². The maximum Gasteiger partial charge on any atom is 0.437 e. The Kier molecular flexibility index (Phi) is 6.34. The predicted molar refractivity (Wildman–Crippen MR) is 88.2 cm³/mol. The van der Waals surface area contributed by atoms with Gasteiger partial charge in [-0.3, -0.25) is 14.9 Å². The van der Waals surface area contributed by atoms with E-state index in [0.29, 0.717) is 12.1 Å². The summed E-state index contributed by atoms with van der Waals surface area (Å²) in [5.41, 5.74) is 1.55. The third-order valence-corrected chi connectivity index (χ3v) is 2.83. The highest BCUT2D eigenvalue weighted by molar-refractivity contribution is 5.85. The second-order valence-electron chi connectivity index (χ2n) is 4.62. The highest BCUT2D eigenvalue weighted by Crippen LogP contribution is 2.05. The van der Waals surface area contributed by atoms with Crippen molar-refractivity contribution in [2.45, 2.75) is 6.42 Å². The molecular formula is C17H17N3O3. The smallest absolute Gasteiger partial charge is 0.351 e. The molecule has 0 fully saturated rings. The molecule has 0 bridgehead atoms. The third-order valence-electron chi connectivity index (χ3n) is 2.83. The summed E-state index contributed by atoms with van der Waals surface area (Å²) in [5, 5.41) is 8.66. The summed E-state index contributed by atoms with van der Waals surface area (Å²) in [6.45, 7) is 0.185. The van der Waals surface area contributed by atoms with Gasteiger partial charge in [-0.15, -0.1) is 0 Å². The zero-order chi connectivity index (χ0) is 16.3. The number of nitrogens with zero attached hydrogens (tertiary/aromatic N) is 1. The number of nitrogens with one attached hydrogen (secondary N) is 2. The van der Waals surface area contributed by atoms with Gasteiger partial charge in [0.15, 0.2) is 0 Å². The van der Waals surface area contributed by atoms with Crippen LogP contribution in [0, 0.1) is 0 Å². The van der Waals surface area contributed by atoms with E-state index in [0.717, 1.165) is 5.56 Å². The number of hydrogen-bond acceptors (Lipinski definition) is 4. The van der Waals surface area contributed by atoms with E-state index < -0.39 is 6.09 Å². The maximum atomic E-state index is 11.7. The van der Waals surface area contributed by atoms with Crippen LogP contribution in [0.5, 0.6) is 0 Å². The molecule has 0 saturated heterocycles. The lowest BCUT2D eigenvalue weighted by molar-refractivity contribution is -0.120. The summed E-state index contributed by atoms with van der Waals surface area (Å²) in [7, 11) is 0. The minimum atomic E-state index is -0.692. The normalized spacial score (nSPS) is 10.3. The van der Waals surface area contributed by atoms with Crippen molar-refractivity contribution in [2.24, 2.45) is 5.16 Å². The lowest BCUT2D eigenvalue weighted by atomic mass is 10.1. The molecule has 118 valence electrons. The van der Waals surface area contributed by atoms with Gasteiger partial charge < -0.3 is 5.32 Å². The zero-order valence-corrected chi connectivity index (χ0v) is 12.4. The summed E-state index contributed by atoms with van der Waals surface area (Å²) in [6, 6.07) is 18.3. The van der Waals surface area contributed by atoms with Gasteiger partial charge in [-0.25, -0.2) is 4.79 Å². The summed E-state index contributed by atoms with van der Waals surface area (Å²) < 4.78 is 0. The van der Waals surface area contributed by atoms with E-state index in [1.807, 2.05) is 36.4 Å². The molecule has 0 aliphatic carbocycles. The number of para-hydroxylation sites is 1. The summed E-state index contributed by atoms with van der Waals surface area (Å²) in [4.78, 5) is 27.7. The van der Waals surface area contributed by atoms with E-state index in [2.05, 4.69) is 20.6 Å². The van der Waals surface area contributed by atoms with Gasteiger partial charge in [-0.2, -0.15) is 0 Å². The molecule has 2 rings (SSSR count). The molecule has 0 spiro atoms. The van der Waals surface area contributed by atoms with Crippen LogP contribution in [0.25, 0.3) is 0 Å². The van der Waals surface area contributed by atoms with E-state index in [9.17, 15) is 9.59 Å². The molecule has 2 amide bonds. The third kappa shape index (κ3) is 6.43. The highest BCUT2D eigenvalue weighted by atomic mass is 16.7.